The molecule has 0 spiro atoms. The number of thioether (sulfide) groups is 1. The van der Waals surface area contributed by atoms with Crippen LogP contribution in [-0.4, -0.2) is 17.6 Å². The third-order valence-corrected chi connectivity index (χ3v) is 5.34. The number of carbonyl (C=O) groups is 1. The molecule has 31 heavy (non-hydrogen) atoms. The molecule has 2 aromatic carbocycles. The van der Waals surface area contributed by atoms with Crippen LogP contribution in [0.1, 0.15) is 34.0 Å². The van der Waals surface area contributed by atoms with E-state index in [1.807, 2.05) is 12.1 Å². The van der Waals surface area contributed by atoms with Gasteiger partial charge in [0.2, 0.25) is 0 Å². The Kier molecular flexibility index (Phi) is 6.98. The highest BCUT2D eigenvalue weighted by Gasteiger charge is 2.30. The Balaban J connectivity index is 1.99. The maximum atomic E-state index is 13.0. The molecule has 3 aromatic rings. The van der Waals surface area contributed by atoms with Gasteiger partial charge >= 0.3 is 12.1 Å². The molecule has 0 unspecified atom stereocenters. The van der Waals surface area contributed by atoms with Crippen molar-refractivity contribution in [2.45, 2.75) is 23.9 Å². The lowest BCUT2D eigenvalue weighted by Crippen LogP contribution is -2.09. The number of carbonyl (C=O) groups excluding carboxylic acids is 1. The molecule has 0 amide bonds. The summed E-state index contributed by atoms with van der Waals surface area (Å²) in [6.07, 6.45) is -4.43. The summed E-state index contributed by atoms with van der Waals surface area (Å²) in [6.45, 7) is 1.85. The molecular formula is C23H17F3N2O2S. The number of nitriles is 1. The van der Waals surface area contributed by atoms with Gasteiger partial charge in [-0.15, -0.1) is 11.8 Å². The minimum Gasteiger partial charge on any atom is -0.462 e. The van der Waals surface area contributed by atoms with Crippen LogP contribution in [0.2, 0.25) is 0 Å². The van der Waals surface area contributed by atoms with Crippen molar-refractivity contribution in [1.29, 1.82) is 5.26 Å². The van der Waals surface area contributed by atoms with Gasteiger partial charge in [0.15, 0.2) is 0 Å². The zero-order valence-corrected chi connectivity index (χ0v) is 17.3. The lowest BCUT2D eigenvalue weighted by Gasteiger charge is -2.13. The van der Waals surface area contributed by atoms with E-state index >= 15 is 0 Å². The molecular weight excluding hydrogens is 425 g/mol. The first-order valence-corrected chi connectivity index (χ1v) is 10.3. The van der Waals surface area contributed by atoms with Gasteiger partial charge in [-0.2, -0.15) is 18.4 Å². The molecule has 1 aromatic heterocycles. The van der Waals surface area contributed by atoms with Crippen LogP contribution in [0.5, 0.6) is 0 Å². The van der Waals surface area contributed by atoms with Crippen molar-refractivity contribution >= 4 is 17.7 Å². The molecule has 0 saturated carbocycles. The Morgan fingerprint density at radius 2 is 1.87 bits per heavy atom. The standard InChI is InChI=1S/C23H17F3N2O2S/c1-2-30-22(29)19-12-17(13-27)21(28-20(19)16-8-4-3-5-9-16)31-14-15-7-6-10-18(11-15)23(24,25)26/h3-12H,2,14H2,1H3. The predicted molar refractivity (Wildman–Crippen MR) is 111 cm³/mol. The Hall–Kier alpha value is -3.31. The Morgan fingerprint density at radius 3 is 2.52 bits per heavy atom. The number of aromatic nitrogens is 1. The van der Waals surface area contributed by atoms with E-state index in [1.165, 1.54) is 12.1 Å². The van der Waals surface area contributed by atoms with E-state index in [0.717, 1.165) is 23.9 Å². The summed E-state index contributed by atoms with van der Waals surface area (Å²) >= 11 is 1.13. The normalized spacial score (nSPS) is 11.1. The molecule has 0 atom stereocenters. The largest absolute Gasteiger partial charge is 0.462 e. The monoisotopic (exact) mass is 442 g/mol. The Morgan fingerprint density at radius 1 is 1.13 bits per heavy atom. The lowest BCUT2D eigenvalue weighted by molar-refractivity contribution is -0.137. The number of pyridine rings is 1. The number of hydrogen-bond donors (Lipinski definition) is 0. The minimum atomic E-state index is -4.43. The molecule has 0 bridgehead atoms. The van der Waals surface area contributed by atoms with E-state index in [4.69, 9.17) is 4.74 Å². The predicted octanol–water partition coefficient (Wildman–Crippen LogP) is 6.11. The second-order valence-corrected chi connectivity index (χ2v) is 7.39. The summed E-state index contributed by atoms with van der Waals surface area (Å²) in [4.78, 5) is 17.0. The van der Waals surface area contributed by atoms with Gasteiger partial charge < -0.3 is 4.74 Å². The minimum absolute atomic E-state index is 0.153. The average molecular weight is 442 g/mol. The number of esters is 1. The summed E-state index contributed by atoms with van der Waals surface area (Å²) in [5.74, 6) is -0.418. The first-order chi connectivity index (χ1) is 14.8. The van der Waals surface area contributed by atoms with E-state index in [2.05, 4.69) is 4.98 Å². The molecule has 0 aliphatic heterocycles. The maximum absolute atomic E-state index is 13.0. The molecule has 0 saturated heterocycles. The summed E-state index contributed by atoms with van der Waals surface area (Å²) in [6, 6.07) is 17.4. The number of hydrogen-bond acceptors (Lipinski definition) is 5. The van der Waals surface area contributed by atoms with Gasteiger partial charge in [0.1, 0.15) is 11.1 Å². The van der Waals surface area contributed by atoms with Crippen LogP contribution in [-0.2, 0) is 16.7 Å². The first-order valence-electron chi connectivity index (χ1n) is 9.30. The van der Waals surface area contributed by atoms with Crippen molar-refractivity contribution in [2.24, 2.45) is 0 Å². The van der Waals surface area contributed by atoms with Gasteiger partial charge in [-0.3, -0.25) is 0 Å². The van der Waals surface area contributed by atoms with Crippen LogP contribution in [0.15, 0.2) is 65.7 Å². The molecule has 0 N–H and O–H groups in total. The van der Waals surface area contributed by atoms with E-state index < -0.39 is 17.7 Å². The number of ether oxygens (including phenoxy) is 1. The molecule has 4 nitrogen and oxygen atoms in total. The number of alkyl halides is 3. The third-order valence-electron chi connectivity index (χ3n) is 4.28. The van der Waals surface area contributed by atoms with Crippen molar-refractivity contribution in [3.8, 4) is 17.3 Å². The molecule has 0 fully saturated rings. The zero-order valence-electron chi connectivity index (χ0n) is 16.4. The van der Waals surface area contributed by atoms with E-state index in [9.17, 15) is 23.2 Å². The highest BCUT2D eigenvalue weighted by molar-refractivity contribution is 7.98. The zero-order chi connectivity index (χ0) is 22.4. The van der Waals surface area contributed by atoms with Crippen molar-refractivity contribution in [3.05, 3.63) is 82.9 Å². The summed E-state index contributed by atoms with van der Waals surface area (Å²) in [5.41, 5.74) is 1.04. The second kappa shape index (κ2) is 9.67. The van der Waals surface area contributed by atoms with Gasteiger partial charge in [0.25, 0.3) is 0 Å². The molecule has 0 aliphatic rings. The van der Waals surface area contributed by atoms with Gasteiger partial charge in [-0.05, 0) is 24.6 Å². The van der Waals surface area contributed by atoms with Crippen LogP contribution in [0.25, 0.3) is 11.3 Å². The number of nitrogens with zero attached hydrogens (tertiary/aromatic N) is 2. The Bertz CT molecular complexity index is 1130. The molecule has 0 aliphatic carbocycles. The SMILES string of the molecule is CCOC(=O)c1cc(C#N)c(SCc2cccc(C(F)(F)F)c2)nc1-c1ccccc1. The first kappa shape index (κ1) is 22.4. The summed E-state index contributed by atoms with van der Waals surface area (Å²) in [5, 5.41) is 9.89. The van der Waals surface area contributed by atoms with Crippen LogP contribution in [0, 0.1) is 11.3 Å². The molecule has 158 valence electrons. The fraction of sp³-hybridized carbons (Fsp3) is 0.174. The quantitative estimate of drug-likeness (QED) is 0.341. The van der Waals surface area contributed by atoms with Crippen LogP contribution < -0.4 is 0 Å². The summed E-state index contributed by atoms with van der Waals surface area (Å²) < 4.78 is 44.0. The molecule has 8 heteroatoms. The highest BCUT2D eigenvalue weighted by atomic mass is 32.2. The summed E-state index contributed by atoms with van der Waals surface area (Å²) in [7, 11) is 0. The van der Waals surface area contributed by atoms with Crippen molar-refractivity contribution in [2.75, 3.05) is 6.61 Å². The van der Waals surface area contributed by atoms with Crippen molar-refractivity contribution in [3.63, 3.8) is 0 Å². The highest BCUT2D eigenvalue weighted by Crippen LogP contribution is 2.33. The number of benzene rings is 2. The smallest absolute Gasteiger partial charge is 0.416 e. The molecule has 0 radical (unpaired) electrons. The van der Waals surface area contributed by atoms with E-state index in [1.54, 1.807) is 37.3 Å². The van der Waals surface area contributed by atoms with E-state index in [0.29, 0.717) is 21.8 Å². The van der Waals surface area contributed by atoms with Crippen LogP contribution in [0.3, 0.4) is 0 Å². The van der Waals surface area contributed by atoms with E-state index in [-0.39, 0.29) is 23.5 Å². The fourth-order valence-corrected chi connectivity index (χ4v) is 3.76. The second-order valence-electron chi connectivity index (χ2n) is 6.42. The topological polar surface area (TPSA) is 63.0 Å². The Labute approximate surface area is 181 Å². The van der Waals surface area contributed by atoms with Crippen molar-refractivity contribution in [1.82, 2.24) is 4.98 Å². The maximum Gasteiger partial charge on any atom is 0.416 e. The fourth-order valence-electron chi connectivity index (χ4n) is 2.86. The van der Waals surface area contributed by atoms with Gasteiger partial charge in [0, 0.05) is 11.3 Å². The molecule has 3 rings (SSSR count). The van der Waals surface area contributed by atoms with Gasteiger partial charge in [-0.1, -0.05) is 48.5 Å². The van der Waals surface area contributed by atoms with Crippen LogP contribution in [0.4, 0.5) is 13.2 Å². The van der Waals surface area contributed by atoms with Gasteiger partial charge in [-0.25, -0.2) is 9.78 Å². The number of rotatable bonds is 6. The van der Waals surface area contributed by atoms with Crippen LogP contribution >= 0.6 is 11.8 Å². The average Bonchev–Trinajstić information content (AvgIpc) is 2.77. The number of halogens is 3. The molecule has 1 heterocycles. The third kappa shape index (κ3) is 5.44. The van der Waals surface area contributed by atoms with Crippen molar-refractivity contribution < 1.29 is 22.7 Å². The lowest BCUT2D eigenvalue weighted by atomic mass is 10.0. The van der Waals surface area contributed by atoms with Gasteiger partial charge in [0.05, 0.1) is 29.0 Å².